The molecular formula is C10H13N3S. The van der Waals surface area contributed by atoms with E-state index in [4.69, 9.17) is 0 Å². The summed E-state index contributed by atoms with van der Waals surface area (Å²) >= 11 is 4.50. The summed E-state index contributed by atoms with van der Waals surface area (Å²) in [5.74, 6) is 0.864. The number of thiocarbonyl (C=S) groups is 1. The van der Waals surface area contributed by atoms with Crippen molar-refractivity contribution < 1.29 is 0 Å². The molecule has 0 aliphatic heterocycles. The number of nitrogens with one attached hydrogen (secondary N) is 1. The zero-order chi connectivity index (χ0) is 10.4. The minimum Gasteiger partial charge on any atom is -0.368 e. The lowest BCUT2D eigenvalue weighted by molar-refractivity contribution is 0.759. The third kappa shape index (κ3) is 3.24. The first-order valence-electron chi connectivity index (χ1n) is 4.56. The smallest absolute Gasteiger partial charge is 0.126 e. The highest BCUT2D eigenvalue weighted by molar-refractivity contribution is 7.78. The van der Waals surface area contributed by atoms with E-state index in [0.29, 0.717) is 6.04 Å². The van der Waals surface area contributed by atoms with Crippen LogP contribution in [0.2, 0.25) is 0 Å². The molecule has 1 rings (SSSR count). The van der Waals surface area contributed by atoms with Gasteiger partial charge in [0.1, 0.15) is 5.82 Å². The summed E-state index contributed by atoms with van der Waals surface area (Å²) in [6.07, 6.45) is 2.74. The second-order valence-corrected chi connectivity index (χ2v) is 3.24. The standard InChI is InChI=1S/C10H13N3S/c1-3-8(2)13-10-5-4-9(6-11-10)12-7-14/h4-6,8H,3H2,1-2H3,(H,11,13). The normalized spacial score (nSPS) is 11.6. The Labute approximate surface area is 89.3 Å². The second-order valence-electron chi connectivity index (χ2n) is 3.06. The number of nitrogens with zero attached hydrogens (tertiary/aromatic N) is 2. The van der Waals surface area contributed by atoms with Gasteiger partial charge in [0.2, 0.25) is 0 Å². The molecule has 1 heterocycles. The van der Waals surface area contributed by atoms with E-state index in [1.54, 1.807) is 6.20 Å². The Morgan fingerprint density at radius 2 is 2.43 bits per heavy atom. The van der Waals surface area contributed by atoms with Gasteiger partial charge in [0.05, 0.1) is 17.0 Å². The molecule has 0 aliphatic rings. The number of aromatic nitrogens is 1. The summed E-state index contributed by atoms with van der Waals surface area (Å²) in [7, 11) is 0. The molecule has 0 spiro atoms. The van der Waals surface area contributed by atoms with Crippen molar-refractivity contribution in [3.8, 4) is 0 Å². The Morgan fingerprint density at radius 3 is 2.93 bits per heavy atom. The number of rotatable bonds is 4. The van der Waals surface area contributed by atoms with Crippen LogP contribution in [0.3, 0.4) is 0 Å². The molecule has 0 radical (unpaired) electrons. The van der Waals surface area contributed by atoms with Crippen molar-refractivity contribution in [3.63, 3.8) is 0 Å². The molecule has 14 heavy (non-hydrogen) atoms. The van der Waals surface area contributed by atoms with Gasteiger partial charge in [-0.05, 0) is 37.7 Å². The number of pyridine rings is 1. The first-order valence-corrected chi connectivity index (χ1v) is 4.97. The van der Waals surface area contributed by atoms with E-state index in [9.17, 15) is 0 Å². The number of anilines is 1. The van der Waals surface area contributed by atoms with Gasteiger partial charge in [-0.25, -0.2) is 4.98 Å². The molecule has 1 aromatic heterocycles. The van der Waals surface area contributed by atoms with Crippen LogP contribution in [0.25, 0.3) is 0 Å². The Bertz CT molecular complexity index is 328. The van der Waals surface area contributed by atoms with Crippen LogP contribution in [0.4, 0.5) is 11.5 Å². The molecule has 0 saturated carbocycles. The van der Waals surface area contributed by atoms with Crippen LogP contribution in [0.5, 0.6) is 0 Å². The monoisotopic (exact) mass is 207 g/mol. The van der Waals surface area contributed by atoms with Crippen molar-refractivity contribution in [2.24, 2.45) is 4.99 Å². The van der Waals surface area contributed by atoms with Crippen molar-refractivity contribution in [1.82, 2.24) is 4.98 Å². The molecule has 0 amide bonds. The Morgan fingerprint density at radius 1 is 1.64 bits per heavy atom. The summed E-state index contributed by atoms with van der Waals surface area (Å²) in [5, 5.41) is 5.56. The summed E-state index contributed by atoms with van der Waals surface area (Å²) < 4.78 is 0. The van der Waals surface area contributed by atoms with Crippen molar-refractivity contribution >= 4 is 28.9 Å². The van der Waals surface area contributed by atoms with Gasteiger partial charge in [-0.3, -0.25) is 0 Å². The predicted octanol–water partition coefficient (Wildman–Crippen LogP) is 3.03. The maximum absolute atomic E-state index is 4.50. The number of hydrogen-bond donors (Lipinski definition) is 1. The quantitative estimate of drug-likeness (QED) is 0.609. The second kappa shape index (κ2) is 5.47. The molecule has 74 valence electrons. The molecule has 1 atom stereocenters. The van der Waals surface area contributed by atoms with Gasteiger partial charge < -0.3 is 5.32 Å². The third-order valence-corrected chi connectivity index (χ3v) is 2.02. The minimum absolute atomic E-state index is 0.433. The van der Waals surface area contributed by atoms with Crippen molar-refractivity contribution in [3.05, 3.63) is 18.3 Å². The van der Waals surface area contributed by atoms with Gasteiger partial charge in [-0.2, -0.15) is 4.99 Å². The van der Waals surface area contributed by atoms with E-state index in [0.717, 1.165) is 17.9 Å². The van der Waals surface area contributed by atoms with Gasteiger partial charge in [0.15, 0.2) is 0 Å². The zero-order valence-corrected chi connectivity index (χ0v) is 9.14. The zero-order valence-electron chi connectivity index (χ0n) is 8.32. The highest BCUT2D eigenvalue weighted by Crippen LogP contribution is 2.13. The van der Waals surface area contributed by atoms with E-state index in [-0.39, 0.29) is 0 Å². The summed E-state index contributed by atoms with van der Waals surface area (Å²) in [4.78, 5) is 8.02. The lowest BCUT2D eigenvalue weighted by Crippen LogP contribution is -2.13. The summed E-state index contributed by atoms with van der Waals surface area (Å²) in [6.45, 7) is 4.24. The van der Waals surface area contributed by atoms with Crippen molar-refractivity contribution in [2.45, 2.75) is 26.3 Å². The number of aliphatic imine (C=N–C) groups is 1. The topological polar surface area (TPSA) is 37.3 Å². The molecule has 3 nitrogen and oxygen atoms in total. The van der Waals surface area contributed by atoms with Crippen LogP contribution in [0.15, 0.2) is 23.3 Å². The van der Waals surface area contributed by atoms with Crippen molar-refractivity contribution in [2.75, 3.05) is 5.32 Å². The van der Waals surface area contributed by atoms with Gasteiger partial charge in [0.25, 0.3) is 0 Å². The van der Waals surface area contributed by atoms with Crippen LogP contribution in [0, 0.1) is 0 Å². The molecule has 0 aliphatic carbocycles. The highest BCUT2D eigenvalue weighted by atomic mass is 32.1. The average molecular weight is 207 g/mol. The van der Waals surface area contributed by atoms with Crippen LogP contribution >= 0.6 is 12.2 Å². The maximum atomic E-state index is 4.50. The predicted molar refractivity (Wildman–Crippen MR) is 62.3 cm³/mol. The van der Waals surface area contributed by atoms with Crippen LogP contribution < -0.4 is 5.32 Å². The molecule has 0 saturated heterocycles. The van der Waals surface area contributed by atoms with E-state index >= 15 is 0 Å². The highest BCUT2D eigenvalue weighted by Gasteiger charge is 1.99. The first kappa shape index (κ1) is 10.8. The Hall–Kier alpha value is -1.25. The van der Waals surface area contributed by atoms with Crippen LogP contribution in [-0.2, 0) is 0 Å². The van der Waals surface area contributed by atoms with Gasteiger partial charge in [0, 0.05) is 6.04 Å². The van der Waals surface area contributed by atoms with E-state index in [2.05, 4.69) is 46.5 Å². The Balaban J connectivity index is 2.68. The third-order valence-electron chi connectivity index (χ3n) is 1.93. The Kier molecular flexibility index (Phi) is 4.23. The van der Waals surface area contributed by atoms with E-state index < -0.39 is 0 Å². The molecule has 1 aromatic rings. The average Bonchev–Trinajstić information content (AvgIpc) is 2.21. The van der Waals surface area contributed by atoms with Gasteiger partial charge in [-0.1, -0.05) is 6.92 Å². The largest absolute Gasteiger partial charge is 0.368 e. The van der Waals surface area contributed by atoms with Gasteiger partial charge >= 0.3 is 0 Å². The van der Waals surface area contributed by atoms with Crippen LogP contribution in [0.1, 0.15) is 20.3 Å². The minimum atomic E-state index is 0.433. The summed E-state index contributed by atoms with van der Waals surface area (Å²) in [6, 6.07) is 4.18. The van der Waals surface area contributed by atoms with Crippen molar-refractivity contribution in [1.29, 1.82) is 0 Å². The molecule has 0 bridgehead atoms. The van der Waals surface area contributed by atoms with Crippen LogP contribution in [-0.4, -0.2) is 16.2 Å². The molecule has 1 unspecified atom stereocenters. The number of hydrogen-bond acceptors (Lipinski definition) is 4. The lowest BCUT2D eigenvalue weighted by Gasteiger charge is -2.11. The van der Waals surface area contributed by atoms with E-state index in [1.807, 2.05) is 12.1 Å². The fourth-order valence-corrected chi connectivity index (χ4v) is 1.05. The molecule has 0 aromatic carbocycles. The molecule has 1 N–H and O–H groups in total. The molecular weight excluding hydrogens is 194 g/mol. The van der Waals surface area contributed by atoms with E-state index in [1.165, 1.54) is 0 Å². The SMILES string of the molecule is CCC(C)Nc1ccc(N=C=S)cn1. The maximum Gasteiger partial charge on any atom is 0.126 e. The van der Waals surface area contributed by atoms with Gasteiger partial charge in [-0.15, -0.1) is 0 Å². The molecule has 0 fully saturated rings. The summed E-state index contributed by atoms with van der Waals surface area (Å²) in [5.41, 5.74) is 0.731. The lowest BCUT2D eigenvalue weighted by atomic mass is 10.2. The first-order chi connectivity index (χ1) is 6.76. The molecule has 4 heteroatoms. The fraction of sp³-hybridized carbons (Fsp3) is 0.400. The number of isothiocyanates is 1. The fourth-order valence-electron chi connectivity index (χ4n) is 0.945.